The first-order valence-electron chi connectivity index (χ1n) is 9.67. The lowest BCUT2D eigenvalue weighted by Gasteiger charge is -3.03. The maximum Gasteiger partial charge on any atom is 0.00295 e. The summed E-state index contributed by atoms with van der Waals surface area (Å²) in [5, 5.41) is 0. The molecule has 0 amide bonds. The molecule has 0 bridgehead atoms. The molecule has 9 unspecified atom stereocenters. The third kappa shape index (κ3) is 0.562. The van der Waals surface area contributed by atoms with Crippen LogP contribution >= 0.6 is 22.6 Å². The lowest BCUT2D eigenvalue weighted by Crippen LogP contribution is -2.99. The quantitative estimate of drug-likeness (QED) is 0.451. The average Bonchev–Trinajstić information content (AvgIpc) is 2.65. The fourth-order valence-corrected chi connectivity index (χ4v) is 14.0. The van der Waals surface area contributed by atoms with Crippen LogP contribution in [0, 0.1) is 74.9 Å². The number of hydrogen-bond acceptors (Lipinski definition) is 0. The van der Waals surface area contributed by atoms with Crippen molar-refractivity contribution in [1.29, 1.82) is 0 Å². The van der Waals surface area contributed by atoms with E-state index < -0.39 is 0 Å². The van der Waals surface area contributed by atoms with Gasteiger partial charge in [0.15, 0.2) is 0 Å². The minimum Gasteiger partial charge on any atom is -0.0861 e. The standard InChI is InChI=1S/C20H25I/c1-17-8-3-13-12-6-9-5-11-10(7-21)15-16(14(17)4-8)18(17,2)20(13,15)19(9,11)12/h8-16H,3-7H2,1-2H3/t8?,9-,10+,11?,12?,13?,14?,15?,16?,17+,18?,19?,20-/m1/s1. The van der Waals surface area contributed by atoms with Gasteiger partial charge in [0.05, 0.1) is 0 Å². The molecule has 21 heavy (non-hydrogen) atoms. The molecule has 13 atom stereocenters. The number of rotatable bonds is 1. The minimum atomic E-state index is 0.810. The van der Waals surface area contributed by atoms with Crippen LogP contribution in [0.25, 0.3) is 0 Å². The topological polar surface area (TPSA) is 0 Å². The summed E-state index contributed by atoms with van der Waals surface area (Å²) in [6.07, 6.45) is 6.63. The predicted molar refractivity (Wildman–Crippen MR) is 89.8 cm³/mol. The maximum atomic E-state index is 2.83. The van der Waals surface area contributed by atoms with Gasteiger partial charge in [0.1, 0.15) is 0 Å². The van der Waals surface area contributed by atoms with Crippen molar-refractivity contribution in [3.05, 3.63) is 0 Å². The van der Waals surface area contributed by atoms with E-state index in [1.165, 1.54) is 45.9 Å². The number of fused-ring (bicyclic) bond motifs is 3. The van der Waals surface area contributed by atoms with E-state index in [0.29, 0.717) is 0 Å². The Hall–Kier alpha value is 0.730. The highest BCUT2D eigenvalue weighted by molar-refractivity contribution is 14.1. The van der Waals surface area contributed by atoms with Crippen LogP contribution in [0.2, 0.25) is 0 Å². The van der Waals surface area contributed by atoms with Crippen molar-refractivity contribution >= 4 is 22.6 Å². The third-order valence-corrected chi connectivity index (χ3v) is 13.6. The van der Waals surface area contributed by atoms with Gasteiger partial charge in [-0.15, -0.1) is 0 Å². The van der Waals surface area contributed by atoms with Crippen LogP contribution in [0.5, 0.6) is 0 Å². The van der Waals surface area contributed by atoms with Gasteiger partial charge in [-0.05, 0) is 101 Å². The maximum absolute atomic E-state index is 2.83. The molecule has 8 saturated carbocycles. The Labute approximate surface area is 141 Å². The van der Waals surface area contributed by atoms with Crippen LogP contribution in [0.3, 0.4) is 0 Å². The lowest BCUT2D eigenvalue weighted by atomic mass is 9.01. The second kappa shape index (κ2) is 2.51. The Morgan fingerprint density at radius 3 is 2.33 bits per heavy atom. The molecule has 0 N–H and O–H groups in total. The summed E-state index contributed by atoms with van der Waals surface area (Å²) in [5.41, 5.74) is 3.47. The van der Waals surface area contributed by atoms with E-state index in [1.54, 1.807) is 25.7 Å². The fraction of sp³-hybridized carbons (Fsp3) is 1.00. The van der Waals surface area contributed by atoms with Gasteiger partial charge in [0.25, 0.3) is 0 Å². The van der Waals surface area contributed by atoms with E-state index in [2.05, 4.69) is 36.4 Å². The Morgan fingerprint density at radius 2 is 1.57 bits per heavy atom. The zero-order valence-electron chi connectivity index (χ0n) is 13.1. The Kier molecular flexibility index (Phi) is 1.35. The van der Waals surface area contributed by atoms with Gasteiger partial charge < -0.3 is 0 Å². The second-order valence-electron chi connectivity index (χ2n) is 10.9. The summed E-state index contributed by atoms with van der Waals surface area (Å²) < 4.78 is 1.49. The molecular formula is C20H25I. The minimum absolute atomic E-state index is 0.810. The van der Waals surface area contributed by atoms with Crippen molar-refractivity contribution < 1.29 is 0 Å². The highest BCUT2D eigenvalue weighted by atomic mass is 127. The first-order chi connectivity index (χ1) is 10.1. The molecule has 2 spiro atoms. The Balaban J connectivity index is 1.45. The van der Waals surface area contributed by atoms with E-state index in [9.17, 15) is 0 Å². The van der Waals surface area contributed by atoms with E-state index in [1.807, 2.05) is 0 Å². The summed E-state index contributed by atoms with van der Waals surface area (Å²) in [7, 11) is 0. The smallest absolute Gasteiger partial charge is 0.00295 e. The molecule has 8 rings (SSSR count). The van der Waals surface area contributed by atoms with Crippen molar-refractivity contribution in [3.8, 4) is 0 Å². The summed E-state index contributed by atoms with van der Waals surface area (Å²) in [5.74, 6) is 10.7. The molecule has 1 heteroatoms. The number of halogens is 1. The summed E-state index contributed by atoms with van der Waals surface area (Å²) in [6, 6.07) is 0. The molecule has 0 aromatic rings. The highest BCUT2D eigenvalue weighted by Crippen LogP contribution is 3.10. The monoisotopic (exact) mass is 392 g/mol. The van der Waals surface area contributed by atoms with E-state index in [-0.39, 0.29) is 0 Å². The Morgan fingerprint density at radius 1 is 0.857 bits per heavy atom. The molecule has 0 saturated heterocycles. The van der Waals surface area contributed by atoms with E-state index >= 15 is 0 Å². The van der Waals surface area contributed by atoms with Gasteiger partial charge in [0.2, 0.25) is 0 Å². The molecule has 0 aliphatic heterocycles. The predicted octanol–water partition coefficient (Wildman–Crippen LogP) is 4.62. The van der Waals surface area contributed by atoms with Crippen LogP contribution in [-0.4, -0.2) is 4.43 Å². The zero-order chi connectivity index (χ0) is 13.7. The summed E-state index contributed by atoms with van der Waals surface area (Å²) >= 11 is 2.77. The van der Waals surface area contributed by atoms with Crippen LogP contribution in [0.4, 0.5) is 0 Å². The van der Waals surface area contributed by atoms with Gasteiger partial charge in [-0.1, -0.05) is 36.4 Å². The molecular weight excluding hydrogens is 367 g/mol. The first kappa shape index (κ1) is 11.3. The molecule has 8 aliphatic rings. The fourth-order valence-electron chi connectivity index (χ4n) is 12.8. The SMILES string of the molecule is CC12C3C4CC(CC5C6C[C@H]7CC8[C@H](CI)C3[C@]51C687)[C@@]42C. The first-order valence-corrected chi connectivity index (χ1v) is 11.2. The lowest BCUT2D eigenvalue weighted by molar-refractivity contribution is -0.563. The van der Waals surface area contributed by atoms with Crippen LogP contribution in [-0.2, 0) is 0 Å². The van der Waals surface area contributed by atoms with Crippen molar-refractivity contribution in [3.63, 3.8) is 0 Å². The van der Waals surface area contributed by atoms with Crippen LogP contribution in [0.15, 0.2) is 0 Å². The van der Waals surface area contributed by atoms with E-state index in [4.69, 9.17) is 0 Å². The third-order valence-electron chi connectivity index (χ3n) is 12.6. The summed E-state index contributed by atoms with van der Waals surface area (Å²) in [6.45, 7) is 5.58. The highest BCUT2D eigenvalue weighted by Gasteiger charge is 3.06. The molecule has 0 nitrogen and oxygen atoms in total. The molecule has 0 heterocycles. The average molecular weight is 392 g/mol. The van der Waals surface area contributed by atoms with Crippen LogP contribution < -0.4 is 0 Å². The zero-order valence-corrected chi connectivity index (χ0v) is 15.3. The molecule has 8 aliphatic carbocycles. The van der Waals surface area contributed by atoms with Gasteiger partial charge in [-0.3, -0.25) is 0 Å². The van der Waals surface area contributed by atoms with Crippen molar-refractivity contribution in [2.45, 2.75) is 39.5 Å². The van der Waals surface area contributed by atoms with E-state index in [0.717, 1.165) is 33.5 Å². The van der Waals surface area contributed by atoms with Crippen molar-refractivity contribution in [1.82, 2.24) is 0 Å². The van der Waals surface area contributed by atoms with Crippen LogP contribution in [0.1, 0.15) is 39.5 Å². The molecule has 0 aromatic carbocycles. The molecule has 8 fully saturated rings. The number of hydrogen-bond donors (Lipinski definition) is 0. The van der Waals surface area contributed by atoms with Crippen molar-refractivity contribution in [2.24, 2.45) is 74.9 Å². The number of alkyl halides is 1. The van der Waals surface area contributed by atoms with Gasteiger partial charge in [-0.2, -0.15) is 0 Å². The largest absolute Gasteiger partial charge is 0.0861 e. The molecule has 0 aromatic heterocycles. The summed E-state index contributed by atoms with van der Waals surface area (Å²) in [4.78, 5) is 0. The van der Waals surface area contributed by atoms with Crippen molar-refractivity contribution in [2.75, 3.05) is 4.43 Å². The van der Waals surface area contributed by atoms with Gasteiger partial charge >= 0.3 is 0 Å². The molecule has 0 radical (unpaired) electrons. The Bertz CT molecular complexity index is 656. The normalized spacial score (nSPS) is 88.4. The van der Waals surface area contributed by atoms with Gasteiger partial charge in [-0.25, -0.2) is 0 Å². The van der Waals surface area contributed by atoms with Gasteiger partial charge in [0, 0.05) is 4.43 Å². The second-order valence-corrected chi connectivity index (χ2v) is 11.8. The molecule has 112 valence electrons.